The van der Waals surface area contributed by atoms with Gasteiger partial charge < -0.3 is 10.4 Å². The number of hydrogen-bond acceptors (Lipinski definition) is 3. The van der Waals surface area contributed by atoms with Crippen LogP contribution in [0.5, 0.6) is 0 Å². The summed E-state index contributed by atoms with van der Waals surface area (Å²) in [5.74, 6) is -0.399. The van der Waals surface area contributed by atoms with Gasteiger partial charge in [0, 0.05) is 17.4 Å². The zero-order valence-corrected chi connectivity index (χ0v) is 18.4. The smallest absolute Gasteiger partial charge is 0.384 e. The van der Waals surface area contributed by atoms with Gasteiger partial charge in [0.2, 0.25) is 0 Å². The van der Waals surface area contributed by atoms with E-state index in [4.69, 9.17) is 0 Å². The molecule has 1 heterocycles. The maximum absolute atomic E-state index is 13.0. The minimum Gasteiger partial charge on any atom is -0.384 e. The van der Waals surface area contributed by atoms with Gasteiger partial charge in [-0.2, -0.15) is 13.2 Å². The zero-order chi connectivity index (χ0) is 24.8. The van der Waals surface area contributed by atoms with Gasteiger partial charge in [0.05, 0.1) is 17.4 Å². The van der Waals surface area contributed by atoms with E-state index < -0.39 is 23.8 Å². The summed E-state index contributed by atoms with van der Waals surface area (Å²) in [6.45, 7) is 0. The summed E-state index contributed by atoms with van der Waals surface area (Å²) in [5.41, 5.74) is 2.48. The second kappa shape index (κ2) is 10.4. The van der Waals surface area contributed by atoms with Gasteiger partial charge >= 0.3 is 6.18 Å². The van der Waals surface area contributed by atoms with Gasteiger partial charge in [-0.05, 0) is 71.3 Å². The molecule has 0 bridgehead atoms. The van der Waals surface area contributed by atoms with Crippen LogP contribution in [0.15, 0.2) is 103 Å². The first-order valence-electron chi connectivity index (χ1n) is 10.8. The molecular formula is C28H21F3N2O2. The van der Waals surface area contributed by atoms with Gasteiger partial charge in [0.25, 0.3) is 5.91 Å². The Labute approximate surface area is 200 Å². The van der Waals surface area contributed by atoms with Crippen LogP contribution < -0.4 is 5.32 Å². The summed E-state index contributed by atoms with van der Waals surface area (Å²) >= 11 is 0. The summed E-state index contributed by atoms with van der Waals surface area (Å²) in [7, 11) is 0. The monoisotopic (exact) mass is 474 g/mol. The predicted octanol–water partition coefficient (Wildman–Crippen LogP) is 6.77. The average Bonchev–Trinajstić information content (AvgIpc) is 2.88. The molecule has 1 amide bonds. The highest BCUT2D eigenvalue weighted by Gasteiger charge is 2.30. The number of pyridine rings is 1. The van der Waals surface area contributed by atoms with Crippen molar-refractivity contribution in [2.75, 3.05) is 5.32 Å². The molecule has 1 unspecified atom stereocenters. The van der Waals surface area contributed by atoms with E-state index in [9.17, 15) is 23.1 Å². The summed E-state index contributed by atoms with van der Waals surface area (Å²) in [6, 6.07) is 23.6. The van der Waals surface area contributed by atoms with Crippen LogP contribution in [0.4, 0.5) is 18.9 Å². The van der Waals surface area contributed by atoms with Crippen molar-refractivity contribution >= 4 is 17.7 Å². The number of aromatic nitrogens is 1. The van der Waals surface area contributed by atoms with Crippen LogP contribution in [0, 0.1) is 0 Å². The third-order valence-electron chi connectivity index (χ3n) is 5.34. The molecule has 1 atom stereocenters. The van der Waals surface area contributed by atoms with E-state index in [1.165, 1.54) is 12.1 Å². The number of aliphatic hydroxyl groups is 1. The lowest BCUT2D eigenvalue weighted by Crippen LogP contribution is -2.13. The van der Waals surface area contributed by atoms with E-state index in [0.29, 0.717) is 27.9 Å². The Kier molecular flexibility index (Phi) is 7.08. The third-order valence-corrected chi connectivity index (χ3v) is 5.34. The van der Waals surface area contributed by atoms with Gasteiger partial charge in [-0.3, -0.25) is 9.78 Å². The van der Waals surface area contributed by atoms with Gasteiger partial charge in [-0.15, -0.1) is 0 Å². The molecule has 0 radical (unpaired) electrons. The molecule has 35 heavy (non-hydrogen) atoms. The fourth-order valence-electron chi connectivity index (χ4n) is 3.51. The third kappa shape index (κ3) is 6.02. The fourth-order valence-corrected chi connectivity index (χ4v) is 3.51. The Morgan fingerprint density at radius 1 is 0.886 bits per heavy atom. The van der Waals surface area contributed by atoms with E-state index in [1.807, 2.05) is 18.2 Å². The molecule has 4 aromatic rings. The van der Waals surface area contributed by atoms with E-state index >= 15 is 0 Å². The number of carbonyl (C=O) groups excluding carboxylic acids is 1. The molecule has 0 aliphatic carbocycles. The minimum atomic E-state index is -4.43. The molecule has 0 fully saturated rings. The number of carbonyl (C=O) groups is 1. The average molecular weight is 474 g/mol. The molecule has 1 aromatic heterocycles. The number of amides is 1. The Morgan fingerprint density at radius 3 is 2.23 bits per heavy atom. The highest BCUT2D eigenvalue weighted by Crippen LogP contribution is 2.32. The lowest BCUT2D eigenvalue weighted by atomic mass is 9.98. The highest BCUT2D eigenvalue weighted by molar-refractivity contribution is 6.08. The quantitative estimate of drug-likeness (QED) is 0.324. The molecule has 176 valence electrons. The van der Waals surface area contributed by atoms with Crippen LogP contribution in [0.25, 0.3) is 17.2 Å². The van der Waals surface area contributed by atoms with E-state index in [2.05, 4.69) is 10.3 Å². The maximum Gasteiger partial charge on any atom is 0.416 e. The van der Waals surface area contributed by atoms with E-state index in [1.54, 1.807) is 66.9 Å². The van der Waals surface area contributed by atoms with Crippen molar-refractivity contribution in [2.45, 2.75) is 12.3 Å². The van der Waals surface area contributed by atoms with Crippen molar-refractivity contribution in [3.8, 4) is 11.1 Å². The molecule has 4 rings (SSSR count). The van der Waals surface area contributed by atoms with Gasteiger partial charge in [-0.1, -0.05) is 48.5 Å². The van der Waals surface area contributed by atoms with Crippen LogP contribution in [-0.2, 0) is 6.18 Å². The standard InChI is InChI=1S/C28H21F3N2O2/c29-28(30,31)21-12-8-19(9-13-21)24-6-1-2-7-25(24)27(35)33-23-14-10-20(11-15-23)26(34)17-16-22-5-3-4-18-32-22/h1-18,26,34H,(H,33,35). The van der Waals surface area contributed by atoms with Crippen molar-refractivity contribution in [2.24, 2.45) is 0 Å². The van der Waals surface area contributed by atoms with Crippen molar-refractivity contribution in [1.82, 2.24) is 4.98 Å². The lowest BCUT2D eigenvalue weighted by molar-refractivity contribution is -0.137. The second-order valence-electron chi connectivity index (χ2n) is 7.76. The number of nitrogens with zero attached hydrogens (tertiary/aromatic N) is 1. The van der Waals surface area contributed by atoms with Crippen molar-refractivity contribution in [3.05, 3.63) is 126 Å². The first kappa shape index (κ1) is 23.9. The summed E-state index contributed by atoms with van der Waals surface area (Å²) in [4.78, 5) is 17.1. The van der Waals surface area contributed by atoms with Crippen molar-refractivity contribution in [3.63, 3.8) is 0 Å². The Balaban J connectivity index is 1.47. The number of benzene rings is 3. The molecule has 7 heteroatoms. The van der Waals surface area contributed by atoms with Crippen LogP contribution in [0.3, 0.4) is 0 Å². The minimum absolute atomic E-state index is 0.328. The first-order chi connectivity index (χ1) is 16.8. The largest absolute Gasteiger partial charge is 0.416 e. The molecule has 2 N–H and O–H groups in total. The summed E-state index contributed by atoms with van der Waals surface area (Å²) in [5, 5.41) is 13.2. The Morgan fingerprint density at radius 2 is 1.57 bits per heavy atom. The molecule has 0 aliphatic rings. The van der Waals surface area contributed by atoms with Crippen LogP contribution in [0.2, 0.25) is 0 Å². The van der Waals surface area contributed by atoms with Gasteiger partial charge in [0.15, 0.2) is 0 Å². The first-order valence-corrected chi connectivity index (χ1v) is 10.8. The van der Waals surface area contributed by atoms with Crippen LogP contribution >= 0.6 is 0 Å². The van der Waals surface area contributed by atoms with Gasteiger partial charge in [-0.25, -0.2) is 0 Å². The van der Waals surface area contributed by atoms with E-state index in [-0.39, 0.29) is 0 Å². The SMILES string of the molecule is O=C(Nc1ccc(C(O)C=Cc2ccccn2)cc1)c1ccccc1-c1ccc(C(F)(F)F)cc1. The Hall–Kier alpha value is -4.23. The number of rotatable bonds is 6. The number of aliphatic hydroxyl groups excluding tert-OH is 1. The van der Waals surface area contributed by atoms with Crippen molar-refractivity contribution in [1.29, 1.82) is 0 Å². The predicted molar refractivity (Wildman–Crippen MR) is 130 cm³/mol. The van der Waals surface area contributed by atoms with Gasteiger partial charge in [0.1, 0.15) is 0 Å². The van der Waals surface area contributed by atoms with Crippen LogP contribution in [-0.4, -0.2) is 16.0 Å². The normalized spacial score (nSPS) is 12.5. The van der Waals surface area contributed by atoms with Crippen molar-refractivity contribution < 1.29 is 23.1 Å². The number of hydrogen-bond donors (Lipinski definition) is 2. The zero-order valence-electron chi connectivity index (χ0n) is 18.4. The highest BCUT2D eigenvalue weighted by atomic mass is 19.4. The molecule has 0 saturated carbocycles. The maximum atomic E-state index is 13.0. The lowest BCUT2D eigenvalue weighted by Gasteiger charge is -2.13. The number of halogens is 3. The second-order valence-corrected chi connectivity index (χ2v) is 7.76. The number of alkyl halides is 3. The molecule has 4 nitrogen and oxygen atoms in total. The van der Waals surface area contributed by atoms with Crippen LogP contribution in [0.1, 0.15) is 33.3 Å². The molecule has 0 saturated heterocycles. The van der Waals surface area contributed by atoms with E-state index in [0.717, 1.165) is 17.8 Å². The number of nitrogens with one attached hydrogen (secondary N) is 1. The summed E-state index contributed by atoms with van der Waals surface area (Å²) in [6.07, 6.45) is -0.264. The molecule has 0 aliphatic heterocycles. The fraction of sp³-hybridized carbons (Fsp3) is 0.0714. The molecular weight excluding hydrogens is 453 g/mol. The number of anilines is 1. The topological polar surface area (TPSA) is 62.2 Å². The molecule has 3 aromatic carbocycles. The Bertz CT molecular complexity index is 1320. The summed E-state index contributed by atoms with van der Waals surface area (Å²) < 4.78 is 38.7. The molecule has 0 spiro atoms.